The molecule has 2 fully saturated rings. The van der Waals surface area contributed by atoms with Crippen LogP contribution < -0.4 is 0 Å². The number of nitrogens with zero attached hydrogens (tertiary/aromatic N) is 3. The molecule has 3 heterocycles. The zero-order valence-corrected chi connectivity index (χ0v) is 16.2. The molecule has 0 N–H and O–H groups in total. The number of ether oxygens (including phenoxy) is 2. The first-order valence-electron chi connectivity index (χ1n) is 9.61. The van der Waals surface area contributed by atoms with E-state index in [1.54, 1.807) is 4.90 Å². The molecule has 1 aromatic rings. The second-order valence-corrected chi connectivity index (χ2v) is 7.67. The molecule has 6 nitrogen and oxygen atoms in total. The Morgan fingerprint density at radius 2 is 2.15 bits per heavy atom. The van der Waals surface area contributed by atoms with E-state index in [4.69, 9.17) is 9.47 Å². The number of urea groups is 1. The standard InChI is InChI=1S/C20H31N3O3/c1-16-5-4-6-18(21-16)15-25-13-7-17-8-14-26-20(17)9-11-23(12-10-20)19(24)22(2)3/h4-6,17H,7-15H2,1-3H3/t17-/m0/s1. The Morgan fingerprint density at radius 3 is 2.85 bits per heavy atom. The highest BCUT2D eigenvalue weighted by molar-refractivity contribution is 5.73. The molecule has 0 aliphatic carbocycles. The summed E-state index contributed by atoms with van der Waals surface area (Å²) in [6, 6.07) is 6.12. The van der Waals surface area contributed by atoms with Gasteiger partial charge in [-0.15, -0.1) is 0 Å². The van der Waals surface area contributed by atoms with Crippen molar-refractivity contribution < 1.29 is 14.3 Å². The van der Waals surface area contributed by atoms with Crippen LogP contribution in [-0.2, 0) is 16.1 Å². The summed E-state index contributed by atoms with van der Waals surface area (Å²) in [5, 5.41) is 0. The smallest absolute Gasteiger partial charge is 0.319 e. The summed E-state index contributed by atoms with van der Waals surface area (Å²) in [5.41, 5.74) is 1.94. The lowest BCUT2D eigenvalue weighted by Crippen LogP contribution is -2.51. The predicted octanol–water partition coefficient (Wildman–Crippen LogP) is 2.85. The van der Waals surface area contributed by atoms with E-state index in [0.29, 0.717) is 12.5 Å². The lowest BCUT2D eigenvalue weighted by atomic mass is 9.78. The largest absolute Gasteiger partial charge is 0.375 e. The van der Waals surface area contributed by atoms with E-state index in [9.17, 15) is 4.79 Å². The molecule has 26 heavy (non-hydrogen) atoms. The number of carbonyl (C=O) groups is 1. The lowest BCUT2D eigenvalue weighted by Gasteiger charge is -2.42. The Hall–Kier alpha value is -1.66. The van der Waals surface area contributed by atoms with Crippen LogP contribution in [0, 0.1) is 12.8 Å². The second-order valence-electron chi connectivity index (χ2n) is 7.67. The number of amides is 2. The van der Waals surface area contributed by atoms with Gasteiger partial charge in [-0.25, -0.2) is 4.79 Å². The van der Waals surface area contributed by atoms with Crippen molar-refractivity contribution in [1.29, 1.82) is 0 Å². The fourth-order valence-corrected chi connectivity index (χ4v) is 4.19. The molecule has 0 radical (unpaired) electrons. The Labute approximate surface area is 156 Å². The normalized spacial score (nSPS) is 22.0. The van der Waals surface area contributed by atoms with E-state index in [1.807, 2.05) is 44.1 Å². The van der Waals surface area contributed by atoms with Crippen LogP contribution in [0.4, 0.5) is 4.79 Å². The van der Waals surface area contributed by atoms with Crippen molar-refractivity contribution in [3.8, 4) is 0 Å². The number of hydrogen-bond acceptors (Lipinski definition) is 4. The van der Waals surface area contributed by atoms with Gasteiger partial charge >= 0.3 is 6.03 Å². The maximum Gasteiger partial charge on any atom is 0.319 e. The maximum absolute atomic E-state index is 12.1. The van der Waals surface area contributed by atoms with Gasteiger partial charge in [0.05, 0.1) is 17.9 Å². The maximum atomic E-state index is 12.1. The molecule has 1 spiro atoms. The highest BCUT2D eigenvalue weighted by atomic mass is 16.5. The van der Waals surface area contributed by atoms with Crippen molar-refractivity contribution in [3.63, 3.8) is 0 Å². The number of piperidine rings is 1. The minimum atomic E-state index is -0.0615. The molecule has 0 unspecified atom stereocenters. The average molecular weight is 361 g/mol. The van der Waals surface area contributed by atoms with Crippen LogP contribution in [0.1, 0.15) is 37.1 Å². The summed E-state index contributed by atoms with van der Waals surface area (Å²) in [5.74, 6) is 0.518. The van der Waals surface area contributed by atoms with Gasteiger partial charge in [-0.1, -0.05) is 6.07 Å². The third-order valence-corrected chi connectivity index (χ3v) is 5.67. The second kappa shape index (κ2) is 8.35. The van der Waals surface area contributed by atoms with Gasteiger partial charge in [0.25, 0.3) is 0 Å². The number of aromatic nitrogens is 1. The quantitative estimate of drug-likeness (QED) is 0.757. The van der Waals surface area contributed by atoms with Crippen molar-refractivity contribution in [3.05, 3.63) is 29.6 Å². The molecule has 2 amide bonds. The molecule has 0 saturated carbocycles. The number of hydrogen-bond donors (Lipinski definition) is 0. The van der Waals surface area contributed by atoms with E-state index < -0.39 is 0 Å². The van der Waals surface area contributed by atoms with Gasteiger partial charge in [-0.3, -0.25) is 4.98 Å². The van der Waals surface area contributed by atoms with Crippen molar-refractivity contribution in [1.82, 2.24) is 14.8 Å². The molecule has 2 saturated heterocycles. The van der Waals surface area contributed by atoms with Gasteiger partial charge in [0.2, 0.25) is 0 Å². The van der Waals surface area contributed by atoms with Gasteiger partial charge in [0.1, 0.15) is 0 Å². The summed E-state index contributed by atoms with van der Waals surface area (Å²) in [6.45, 7) is 5.67. The predicted molar refractivity (Wildman–Crippen MR) is 99.9 cm³/mol. The number of aryl methyl sites for hydroxylation is 1. The molecular weight excluding hydrogens is 330 g/mol. The van der Waals surface area contributed by atoms with E-state index in [-0.39, 0.29) is 11.6 Å². The Balaban J connectivity index is 1.46. The molecule has 0 aromatic carbocycles. The molecule has 3 rings (SSSR count). The number of rotatable bonds is 5. The fourth-order valence-electron chi connectivity index (χ4n) is 4.19. The third kappa shape index (κ3) is 4.35. The van der Waals surface area contributed by atoms with Crippen LogP contribution in [0.3, 0.4) is 0 Å². The summed E-state index contributed by atoms with van der Waals surface area (Å²) in [6.07, 6.45) is 3.95. The van der Waals surface area contributed by atoms with Gasteiger partial charge in [-0.2, -0.15) is 0 Å². The fraction of sp³-hybridized carbons (Fsp3) is 0.700. The number of carbonyl (C=O) groups excluding carboxylic acids is 1. The van der Waals surface area contributed by atoms with Crippen molar-refractivity contribution >= 4 is 6.03 Å². The molecule has 1 aromatic heterocycles. The van der Waals surface area contributed by atoms with Crippen LogP contribution in [-0.4, -0.2) is 66.8 Å². The molecule has 1 atom stereocenters. The zero-order chi connectivity index (χ0) is 18.6. The van der Waals surface area contributed by atoms with Gasteiger partial charge in [0.15, 0.2) is 0 Å². The van der Waals surface area contributed by atoms with Crippen molar-refractivity contribution in [2.75, 3.05) is 40.4 Å². The van der Waals surface area contributed by atoms with Crippen LogP contribution in [0.5, 0.6) is 0 Å². The van der Waals surface area contributed by atoms with Crippen molar-refractivity contribution in [2.45, 2.75) is 44.8 Å². The Bertz CT molecular complexity index is 612. The van der Waals surface area contributed by atoms with Crippen LogP contribution in [0.25, 0.3) is 0 Å². The number of pyridine rings is 1. The summed E-state index contributed by atoms with van der Waals surface area (Å²) in [7, 11) is 3.62. The Morgan fingerprint density at radius 1 is 1.38 bits per heavy atom. The average Bonchev–Trinajstić information content (AvgIpc) is 3.01. The first-order valence-corrected chi connectivity index (χ1v) is 9.61. The topological polar surface area (TPSA) is 54.9 Å². The van der Waals surface area contributed by atoms with E-state index in [0.717, 1.165) is 63.4 Å². The number of likely N-dealkylation sites (tertiary alicyclic amines) is 1. The summed E-state index contributed by atoms with van der Waals surface area (Å²) in [4.78, 5) is 20.2. The van der Waals surface area contributed by atoms with Crippen LogP contribution in [0.15, 0.2) is 18.2 Å². The molecule has 2 aliphatic heterocycles. The lowest BCUT2D eigenvalue weighted by molar-refractivity contribution is -0.0671. The SMILES string of the molecule is Cc1cccc(COCC[C@H]2CCOC23CCN(C(=O)N(C)C)CC3)n1. The highest BCUT2D eigenvalue weighted by Crippen LogP contribution is 2.42. The first-order chi connectivity index (χ1) is 12.5. The third-order valence-electron chi connectivity index (χ3n) is 5.67. The molecular formula is C20H31N3O3. The summed E-state index contributed by atoms with van der Waals surface area (Å²) >= 11 is 0. The minimum absolute atomic E-state index is 0.0615. The zero-order valence-electron chi connectivity index (χ0n) is 16.2. The first kappa shape index (κ1) is 19.1. The van der Waals surface area contributed by atoms with E-state index in [2.05, 4.69) is 4.98 Å². The van der Waals surface area contributed by atoms with E-state index in [1.165, 1.54) is 0 Å². The van der Waals surface area contributed by atoms with Gasteiger partial charge in [0, 0.05) is 46.1 Å². The summed E-state index contributed by atoms with van der Waals surface area (Å²) < 4.78 is 12.1. The van der Waals surface area contributed by atoms with Gasteiger partial charge < -0.3 is 19.3 Å². The van der Waals surface area contributed by atoms with Crippen LogP contribution >= 0.6 is 0 Å². The van der Waals surface area contributed by atoms with Crippen LogP contribution in [0.2, 0.25) is 0 Å². The Kier molecular flexibility index (Phi) is 6.14. The molecule has 2 aliphatic rings. The molecule has 0 bridgehead atoms. The molecule has 6 heteroatoms. The highest BCUT2D eigenvalue weighted by Gasteiger charge is 2.46. The van der Waals surface area contributed by atoms with Gasteiger partial charge in [-0.05, 0) is 50.7 Å². The van der Waals surface area contributed by atoms with Crippen molar-refractivity contribution in [2.24, 2.45) is 5.92 Å². The van der Waals surface area contributed by atoms with E-state index >= 15 is 0 Å². The molecule has 144 valence electrons. The minimum Gasteiger partial charge on any atom is -0.375 e. The monoisotopic (exact) mass is 361 g/mol.